The molecule has 1 aliphatic carbocycles. The van der Waals surface area contributed by atoms with Gasteiger partial charge in [-0.15, -0.1) is 0 Å². The molecule has 104 valence electrons. The zero-order valence-electron chi connectivity index (χ0n) is 11.3. The van der Waals surface area contributed by atoms with Crippen LogP contribution in [0.5, 0.6) is 0 Å². The lowest BCUT2D eigenvalue weighted by Crippen LogP contribution is -2.40. The maximum atomic E-state index is 13.1. The van der Waals surface area contributed by atoms with Crippen LogP contribution in [0.15, 0.2) is 0 Å². The summed E-state index contributed by atoms with van der Waals surface area (Å²) in [4.78, 5) is 0. The SMILES string of the molecule is [B]C(C)C1CCC(C(C)OCC)CC1C(F)(F)F. The molecule has 0 spiro atoms. The van der Waals surface area contributed by atoms with Crippen LogP contribution in [0, 0.1) is 17.8 Å². The van der Waals surface area contributed by atoms with Gasteiger partial charge in [0.2, 0.25) is 0 Å². The van der Waals surface area contributed by atoms with E-state index in [2.05, 4.69) is 0 Å². The summed E-state index contributed by atoms with van der Waals surface area (Å²) in [6.45, 7) is 5.96. The van der Waals surface area contributed by atoms with Gasteiger partial charge in [0.25, 0.3) is 0 Å². The first kappa shape index (κ1) is 15.9. The van der Waals surface area contributed by atoms with Crippen molar-refractivity contribution in [1.29, 1.82) is 0 Å². The number of ether oxygens (including phenoxy) is 1. The highest BCUT2D eigenvalue weighted by Gasteiger charge is 2.48. The van der Waals surface area contributed by atoms with Gasteiger partial charge < -0.3 is 4.74 Å². The Kier molecular flexibility index (Phi) is 5.56. The first-order valence-electron chi connectivity index (χ1n) is 6.71. The van der Waals surface area contributed by atoms with Gasteiger partial charge in [-0.05, 0) is 44.9 Å². The van der Waals surface area contributed by atoms with Crippen LogP contribution in [0.4, 0.5) is 13.2 Å². The average Bonchev–Trinajstić information content (AvgIpc) is 2.27. The predicted molar refractivity (Wildman–Crippen MR) is 66.6 cm³/mol. The van der Waals surface area contributed by atoms with E-state index in [9.17, 15) is 13.2 Å². The van der Waals surface area contributed by atoms with Gasteiger partial charge in [0.1, 0.15) is 0 Å². The molecule has 1 nitrogen and oxygen atoms in total. The van der Waals surface area contributed by atoms with E-state index in [4.69, 9.17) is 12.6 Å². The summed E-state index contributed by atoms with van der Waals surface area (Å²) in [5, 5.41) is 0. The van der Waals surface area contributed by atoms with Gasteiger partial charge in [-0.2, -0.15) is 13.2 Å². The van der Waals surface area contributed by atoms with E-state index in [0.717, 1.165) is 6.42 Å². The lowest BCUT2D eigenvalue weighted by atomic mass is 9.63. The molecule has 0 amide bonds. The zero-order valence-corrected chi connectivity index (χ0v) is 11.3. The Bertz CT molecular complexity index is 255. The fourth-order valence-corrected chi connectivity index (χ4v) is 3.06. The molecule has 5 unspecified atom stereocenters. The van der Waals surface area contributed by atoms with Crippen molar-refractivity contribution in [3.05, 3.63) is 0 Å². The Labute approximate surface area is 109 Å². The molecule has 0 aromatic heterocycles. The highest BCUT2D eigenvalue weighted by molar-refractivity contribution is 6.11. The van der Waals surface area contributed by atoms with Crippen molar-refractivity contribution < 1.29 is 17.9 Å². The molecule has 5 atom stereocenters. The molecule has 5 heteroatoms. The van der Waals surface area contributed by atoms with Gasteiger partial charge >= 0.3 is 6.18 Å². The van der Waals surface area contributed by atoms with Crippen LogP contribution in [-0.2, 0) is 4.74 Å². The third-order valence-electron chi connectivity index (χ3n) is 4.13. The molecule has 1 aliphatic rings. The Hall–Kier alpha value is -0.185. The minimum absolute atomic E-state index is 0.00780. The fraction of sp³-hybridized carbons (Fsp3) is 1.00. The summed E-state index contributed by atoms with van der Waals surface area (Å²) in [5.41, 5.74) is 0. The molecule has 0 aromatic rings. The van der Waals surface area contributed by atoms with Gasteiger partial charge in [0.05, 0.1) is 19.9 Å². The van der Waals surface area contributed by atoms with E-state index in [1.165, 1.54) is 0 Å². The quantitative estimate of drug-likeness (QED) is 0.696. The summed E-state index contributed by atoms with van der Waals surface area (Å²) in [7, 11) is 5.70. The minimum atomic E-state index is -4.15. The Morgan fingerprint density at radius 2 is 1.89 bits per heavy atom. The standard InChI is InChI=1S/C13H22BF3O/c1-4-18-9(3)10-5-6-11(8(2)14)12(7-10)13(15,16)17/h8-12H,4-7H2,1-3H3. The summed E-state index contributed by atoms with van der Waals surface area (Å²) in [6.07, 6.45) is -2.78. The van der Waals surface area contributed by atoms with E-state index >= 15 is 0 Å². The summed E-state index contributed by atoms with van der Waals surface area (Å²) < 4.78 is 44.7. The van der Waals surface area contributed by atoms with Crippen molar-refractivity contribution >= 4 is 7.85 Å². The van der Waals surface area contributed by atoms with E-state index in [0.29, 0.717) is 13.0 Å². The lowest BCUT2D eigenvalue weighted by Gasteiger charge is -2.41. The highest BCUT2D eigenvalue weighted by atomic mass is 19.4. The smallest absolute Gasteiger partial charge is 0.379 e. The minimum Gasteiger partial charge on any atom is -0.379 e. The lowest BCUT2D eigenvalue weighted by molar-refractivity contribution is -0.204. The molecule has 2 radical (unpaired) electrons. The molecular formula is C13H22BF3O. The predicted octanol–water partition coefficient (Wildman–Crippen LogP) is 3.98. The van der Waals surface area contributed by atoms with Gasteiger partial charge in [0, 0.05) is 6.61 Å². The van der Waals surface area contributed by atoms with E-state index in [-0.39, 0.29) is 18.4 Å². The van der Waals surface area contributed by atoms with Crippen molar-refractivity contribution in [2.75, 3.05) is 6.61 Å². The molecule has 0 heterocycles. The molecule has 0 aliphatic heterocycles. The molecule has 1 rings (SSSR count). The topological polar surface area (TPSA) is 9.23 Å². The van der Waals surface area contributed by atoms with Crippen molar-refractivity contribution in [3.63, 3.8) is 0 Å². The number of hydrogen-bond donors (Lipinski definition) is 0. The second kappa shape index (κ2) is 6.31. The van der Waals surface area contributed by atoms with E-state index in [1.807, 2.05) is 13.8 Å². The van der Waals surface area contributed by atoms with Crippen molar-refractivity contribution in [2.45, 2.75) is 58.1 Å². The first-order chi connectivity index (χ1) is 8.27. The number of rotatable bonds is 4. The molecule has 1 fully saturated rings. The molecule has 0 bridgehead atoms. The maximum absolute atomic E-state index is 13.1. The van der Waals surface area contributed by atoms with Gasteiger partial charge in [0.15, 0.2) is 0 Å². The third-order valence-corrected chi connectivity index (χ3v) is 4.13. The number of alkyl halides is 3. The Morgan fingerprint density at radius 1 is 1.28 bits per heavy atom. The summed E-state index contributed by atoms with van der Waals surface area (Å²) >= 11 is 0. The molecule has 0 N–H and O–H groups in total. The highest BCUT2D eigenvalue weighted by Crippen LogP contribution is 2.48. The number of hydrogen-bond acceptors (Lipinski definition) is 1. The van der Waals surface area contributed by atoms with Gasteiger partial charge in [-0.1, -0.05) is 12.7 Å². The van der Waals surface area contributed by atoms with Crippen molar-refractivity contribution in [1.82, 2.24) is 0 Å². The zero-order chi connectivity index (χ0) is 13.9. The van der Waals surface area contributed by atoms with Crippen LogP contribution in [0.25, 0.3) is 0 Å². The Morgan fingerprint density at radius 3 is 2.33 bits per heavy atom. The van der Waals surface area contributed by atoms with Crippen LogP contribution in [-0.4, -0.2) is 26.7 Å². The summed E-state index contributed by atoms with van der Waals surface area (Å²) in [5.74, 6) is -2.14. The average molecular weight is 262 g/mol. The van der Waals surface area contributed by atoms with E-state index < -0.39 is 23.8 Å². The van der Waals surface area contributed by atoms with Crippen molar-refractivity contribution in [3.8, 4) is 0 Å². The largest absolute Gasteiger partial charge is 0.392 e. The number of halogens is 3. The molecule has 0 aromatic carbocycles. The first-order valence-corrected chi connectivity index (χ1v) is 6.71. The van der Waals surface area contributed by atoms with Crippen LogP contribution in [0.1, 0.15) is 40.0 Å². The van der Waals surface area contributed by atoms with Gasteiger partial charge in [-0.3, -0.25) is 0 Å². The summed E-state index contributed by atoms with van der Waals surface area (Å²) in [6, 6.07) is 0. The monoisotopic (exact) mass is 262 g/mol. The maximum Gasteiger partial charge on any atom is 0.392 e. The molecule has 1 saturated carbocycles. The molecule has 0 saturated heterocycles. The van der Waals surface area contributed by atoms with Gasteiger partial charge in [-0.25, -0.2) is 0 Å². The second-order valence-electron chi connectivity index (χ2n) is 5.40. The van der Waals surface area contributed by atoms with Crippen LogP contribution < -0.4 is 0 Å². The fourth-order valence-electron chi connectivity index (χ4n) is 3.06. The third kappa shape index (κ3) is 3.90. The Balaban J connectivity index is 2.73. The molecule has 18 heavy (non-hydrogen) atoms. The van der Waals surface area contributed by atoms with Crippen LogP contribution >= 0.6 is 0 Å². The van der Waals surface area contributed by atoms with Crippen LogP contribution in [0.2, 0.25) is 5.82 Å². The molecular weight excluding hydrogens is 240 g/mol. The normalized spacial score (nSPS) is 33.1. The second-order valence-corrected chi connectivity index (χ2v) is 5.40. The van der Waals surface area contributed by atoms with E-state index in [1.54, 1.807) is 6.92 Å². The van der Waals surface area contributed by atoms with Crippen LogP contribution in [0.3, 0.4) is 0 Å². The van der Waals surface area contributed by atoms with Crippen molar-refractivity contribution in [2.24, 2.45) is 17.8 Å².